The minimum absolute atomic E-state index is 0.210. The molecule has 0 radical (unpaired) electrons. The Morgan fingerprint density at radius 3 is 2.55 bits per heavy atom. The lowest BCUT2D eigenvalue weighted by atomic mass is 10.1. The van der Waals surface area contributed by atoms with E-state index < -0.39 is 6.10 Å². The monoisotopic (exact) mass is 296 g/mol. The van der Waals surface area contributed by atoms with Crippen LogP contribution in [-0.2, 0) is 4.79 Å². The second kappa shape index (κ2) is 8.10. The van der Waals surface area contributed by atoms with Gasteiger partial charge in [0, 0.05) is 6.42 Å². The summed E-state index contributed by atoms with van der Waals surface area (Å²) in [6.45, 7) is 2.01. The Bertz CT molecular complexity index is 621. The normalized spacial score (nSPS) is 12.3. The molecule has 2 aromatic rings. The Labute approximate surface area is 130 Å². The van der Waals surface area contributed by atoms with E-state index in [1.165, 1.54) is 5.56 Å². The van der Waals surface area contributed by atoms with Gasteiger partial charge in [0.1, 0.15) is 0 Å². The van der Waals surface area contributed by atoms with Crippen LogP contribution in [0.25, 0.3) is 0 Å². The van der Waals surface area contributed by atoms with E-state index in [0.29, 0.717) is 6.42 Å². The van der Waals surface area contributed by atoms with Crippen LogP contribution in [-0.4, -0.2) is 17.2 Å². The maximum atomic E-state index is 11.7. The summed E-state index contributed by atoms with van der Waals surface area (Å²) < 4.78 is 0. The molecule has 0 heterocycles. The first-order valence-electron chi connectivity index (χ1n) is 7.27. The van der Waals surface area contributed by atoms with E-state index in [9.17, 15) is 9.90 Å². The zero-order chi connectivity index (χ0) is 15.8. The highest BCUT2D eigenvalue weighted by Gasteiger charge is 2.09. The van der Waals surface area contributed by atoms with Crippen molar-refractivity contribution in [3.8, 4) is 0 Å². The van der Waals surface area contributed by atoms with Crippen molar-refractivity contribution in [2.24, 2.45) is 5.10 Å². The molecule has 4 heteroatoms. The molecule has 0 spiro atoms. The van der Waals surface area contributed by atoms with Crippen molar-refractivity contribution in [1.29, 1.82) is 0 Å². The number of nitrogens with zero attached hydrogens (tertiary/aromatic N) is 1. The van der Waals surface area contributed by atoms with Gasteiger partial charge >= 0.3 is 0 Å². The van der Waals surface area contributed by atoms with Gasteiger partial charge in [-0.3, -0.25) is 4.79 Å². The number of aryl methyl sites for hydroxylation is 1. The van der Waals surface area contributed by atoms with E-state index >= 15 is 0 Å². The fraction of sp³-hybridized carbons (Fsp3) is 0.222. The van der Waals surface area contributed by atoms with E-state index in [1.54, 1.807) is 6.21 Å². The van der Waals surface area contributed by atoms with Gasteiger partial charge in [-0.15, -0.1) is 0 Å². The first kappa shape index (κ1) is 15.9. The van der Waals surface area contributed by atoms with Crippen molar-refractivity contribution < 1.29 is 9.90 Å². The van der Waals surface area contributed by atoms with Crippen molar-refractivity contribution in [3.05, 3.63) is 71.3 Å². The Hall–Kier alpha value is -2.46. The van der Waals surface area contributed by atoms with Gasteiger partial charge in [-0.2, -0.15) is 5.10 Å². The van der Waals surface area contributed by atoms with Crippen molar-refractivity contribution in [2.75, 3.05) is 0 Å². The summed E-state index contributed by atoms with van der Waals surface area (Å²) in [5.41, 5.74) is 5.39. The summed E-state index contributed by atoms with van der Waals surface area (Å²) in [5, 5.41) is 13.9. The van der Waals surface area contributed by atoms with Gasteiger partial charge in [0.2, 0.25) is 5.91 Å². The Morgan fingerprint density at radius 2 is 1.86 bits per heavy atom. The molecule has 1 amide bonds. The van der Waals surface area contributed by atoms with Gasteiger partial charge in [0.25, 0.3) is 0 Å². The minimum Gasteiger partial charge on any atom is -0.388 e. The van der Waals surface area contributed by atoms with Crippen molar-refractivity contribution in [1.82, 2.24) is 5.43 Å². The lowest BCUT2D eigenvalue weighted by Crippen LogP contribution is -2.18. The second-order valence-electron chi connectivity index (χ2n) is 5.17. The van der Waals surface area contributed by atoms with E-state index in [-0.39, 0.29) is 12.3 Å². The third-order valence-electron chi connectivity index (χ3n) is 3.31. The predicted molar refractivity (Wildman–Crippen MR) is 87.6 cm³/mol. The van der Waals surface area contributed by atoms with Crippen LogP contribution in [0.15, 0.2) is 59.7 Å². The van der Waals surface area contributed by atoms with Gasteiger partial charge in [0.15, 0.2) is 0 Å². The fourth-order valence-corrected chi connectivity index (χ4v) is 2.00. The lowest BCUT2D eigenvalue weighted by molar-refractivity contribution is -0.121. The van der Waals surface area contributed by atoms with Gasteiger partial charge < -0.3 is 5.11 Å². The number of amides is 1. The third-order valence-corrected chi connectivity index (χ3v) is 3.31. The number of carbonyl (C=O) groups excluding carboxylic acids is 1. The van der Waals surface area contributed by atoms with Gasteiger partial charge in [-0.25, -0.2) is 5.43 Å². The molecule has 0 aliphatic heterocycles. The molecule has 0 aromatic heterocycles. The predicted octanol–water partition coefficient (Wildman–Crippen LogP) is 2.96. The number of hydrazone groups is 1. The topological polar surface area (TPSA) is 61.7 Å². The molecule has 2 N–H and O–H groups in total. The van der Waals surface area contributed by atoms with E-state index in [2.05, 4.69) is 10.5 Å². The average molecular weight is 296 g/mol. The average Bonchev–Trinajstić information content (AvgIpc) is 2.55. The number of carbonyl (C=O) groups is 1. The van der Waals surface area contributed by atoms with E-state index in [0.717, 1.165) is 11.1 Å². The molecule has 22 heavy (non-hydrogen) atoms. The first-order chi connectivity index (χ1) is 10.6. The van der Waals surface area contributed by atoms with Crippen LogP contribution < -0.4 is 5.43 Å². The van der Waals surface area contributed by atoms with Crippen molar-refractivity contribution in [2.45, 2.75) is 25.9 Å². The molecule has 114 valence electrons. The molecule has 2 rings (SSSR count). The highest BCUT2D eigenvalue weighted by Crippen LogP contribution is 2.17. The number of rotatable bonds is 6. The molecular formula is C18H20N2O2. The molecule has 1 atom stereocenters. The van der Waals surface area contributed by atoms with Gasteiger partial charge in [-0.05, 0) is 24.5 Å². The Balaban J connectivity index is 1.75. The standard InChI is InChI=1S/C18H20N2O2/c1-14-7-9-15(10-8-14)13-19-20-18(22)12-11-17(21)16-5-3-2-4-6-16/h2-10,13,17,21H,11-12H2,1H3,(H,20,22)/b19-13-/t17-/m0/s1. The molecule has 0 bridgehead atoms. The Morgan fingerprint density at radius 1 is 1.18 bits per heavy atom. The zero-order valence-electron chi connectivity index (χ0n) is 12.6. The largest absolute Gasteiger partial charge is 0.388 e. The number of nitrogens with one attached hydrogen (secondary N) is 1. The molecule has 0 aliphatic carbocycles. The summed E-state index contributed by atoms with van der Waals surface area (Å²) in [6.07, 6.45) is 1.57. The highest BCUT2D eigenvalue weighted by atomic mass is 16.3. The molecule has 4 nitrogen and oxygen atoms in total. The van der Waals surface area contributed by atoms with Crippen LogP contribution >= 0.6 is 0 Å². The third kappa shape index (κ3) is 5.14. The van der Waals surface area contributed by atoms with Crippen LogP contribution in [0.4, 0.5) is 0 Å². The minimum atomic E-state index is -0.631. The van der Waals surface area contributed by atoms with E-state index in [4.69, 9.17) is 0 Å². The van der Waals surface area contributed by atoms with Gasteiger partial charge in [0.05, 0.1) is 12.3 Å². The van der Waals surface area contributed by atoms with E-state index in [1.807, 2.05) is 61.5 Å². The lowest BCUT2D eigenvalue weighted by Gasteiger charge is -2.09. The second-order valence-corrected chi connectivity index (χ2v) is 5.17. The zero-order valence-corrected chi connectivity index (χ0v) is 12.6. The van der Waals surface area contributed by atoms with Gasteiger partial charge in [-0.1, -0.05) is 60.2 Å². The maximum absolute atomic E-state index is 11.7. The highest BCUT2D eigenvalue weighted by molar-refractivity contribution is 5.82. The fourth-order valence-electron chi connectivity index (χ4n) is 2.00. The SMILES string of the molecule is Cc1ccc(/C=N\NC(=O)CC[C@H](O)c2ccccc2)cc1. The number of hydrogen-bond acceptors (Lipinski definition) is 3. The first-order valence-corrected chi connectivity index (χ1v) is 7.27. The summed E-state index contributed by atoms with van der Waals surface area (Å²) in [4.78, 5) is 11.7. The van der Waals surface area contributed by atoms with Crippen molar-refractivity contribution in [3.63, 3.8) is 0 Å². The molecule has 0 aliphatic rings. The maximum Gasteiger partial charge on any atom is 0.240 e. The number of aliphatic hydroxyl groups is 1. The van der Waals surface area contributed by atoms with Crippen LogP contribution in [0.3, 0.4) is 0 Å². The van der Waals surface area contributed by atoms with Crippen LogP contribution in [0.5, 0.6) is 0 Å². The molecule has 0 fully saturated rings. The smallest absolute Gasteiger partial charge is 0.240 e. The molecular weight excluding hydrogens is 276 g/mol. The molecule has 2 aromatic carbocycles. The summed E-state index contributed by atoms with van der Waals surface area (Å²) in [5.74, 6) is -0.210. The quantitative estimate of drug-likeness (QED) is 0.636. The molecule has 0 unspecified atom stereocenters. The summed E-state index contributed by atoms with van der Waals surface area (Å²) >= 11 is 0. The summed E-state index contributed by atoms with van der Waals surface area (Å²) in [7, 11) is 0. The molecule has 0 saturated heterocycles. The summed E-state index contributed by atoms with van der Waals surface area (Å²) in [6, 6.07) is 17.2. The van der Waals surface area contributed by atoms with Crippen molar-refractivity contribution >= 4 is 12.1 Å². The van der Waals surface area contributed by atoms with Crippen LogP contribution in [0, 0.1) is 6.92 Å². The number of aliphatic hydroxyl groups excluding tert-OH is 1. The number of hydrogen-bond donors (Lipinski definition) is 2. The number of benzene rings is 2. The Kier molecular flexibility index (Phi) is 5.86. The molecule has 0 saturated carbocycles. The van der Waals surface area contributed by atoms with Crippen LogP contribution in [0.1, 0.15) is 35.6 Å². The van der Waals surface area contributed by atoms with Crippen LogP contribution in [0.2, 0.25) is 0 Å².